The van der Waals surface area contributed by atoms with Gasteiger partial charge in [-0.05, 0) is 36.2 Å². The third kappa shape index (κ3) is 4.47. The summed E-state index contributed by atoms with van der Waals surface area (Å²) in [5, 5.41) is 11.0. The number of nitrogens with one attached hydrogen (secondary N) is 1. The number of rotatable bonds is 7. The maximum Gasteiger partial charge on any atom is 0.247 e. The molecule has 0 atom stereocenters. The van der Waals surface area contributed by atoms with Crippen molar-refractivity contribution in [2.24, 2.45) is 0 Å². The minimum atomic E-state index is -0.0474. The number of aromatic nitrogens is 2. The van der Waals surface area contributed by atoms with Crippen LogP contribution in [0, 0.1) is 6.92 Å². The molecule has 134 valence electrons. The van der Waals surface area contributed by atoms with Crippen LogP contribution in [0.5, 0.6) is 5.75 Å². The van der Waals surface area contributed by atoms with Gasteiger partial charge in [-0.3, -0.25) is 4.79 Å². The predicted molar refractivity (Wildman–Crippen MR) is 97.9 cm³/mol. The van der Waals surface area contributed by atoms with Gasteiger partial charge in [-0.25, -0.2) is 0 Å². The molecule has 3 rings (SSSR count). The molecule has 0 saturated carbocycles. The summed E-state index contributed by atoms with van der Waals surface area (Å²) >= 11 is 0. The van der Waals surface area contributed by atoms with Gasteiger partial charge in [0.05, 0.1) is 13.5 Å². The molecule has 0 bridgehead atoms. The molecule has 0 aliphatic carbocycles. The number of nitrogens with zero attached hydrogens (tertiary/aromatic N) is 2. The molecule has 1 N–H and O–H groups in total. The summed E-state index contributed by atoms with van der Waals surface area (Å²) in [6.45, 7) is 2.45. The highest BCUT2D eigenvalue weighted by Gasteiger charge is 2.11. The lowest BCUT2D eigenvalue weighted by molar-refractivity contribution is -0.120. The fourth-order valence-corrected chi connectivity index (χ4v) is 2.58. The van der Waals surface area contributed by atoms with E-state index in [-0.39, 0.29) is 5.91 Å². The first kappa shape index (κ1) is 17.7. The Morgan fingerprint density at radius 1 is 1.12 bits per heavy atom. The maximum atomic E-state index is 12.0. The van der Waals surface area contributed by atoms with Gasteiger partial charge in [0.25, 0.3) is 0 Å². The first-order valence-electron chi connectivity index (χ1n) is 8.43. The van der Waals surface area contributed by atoms with Crippen molar-refractivity contribution in [2.75, 3.05) is 13.7 Å². The zero-order chi connectivity index (χ0) is 18.4. The van der Waals surface area contributed by atoms with Crippen LogP contribution in [0.2, 0.25) is 0 Å². The van der Waals surface area contributed by atoms with Gasteiger partial charge < -0.3 is 14.5 Å². The molecule has 0 saturated heterocycles. The second kappa shape index (κ2) is 8.29. The highest BCUT2D eigenvalue weighted by molar-refractivity contribution is 5.78. The number of carbonyl (C=O) groups excluding carboxylic acids is 1. The molecule has 0 aliphatic rings. The number of aryl methyl sites for hydroxylation is 1. The Morgan fingerprint density at radius 3 is 2.62 bits per heavy atom. The molecule has 26 heavy (non-hydrogen) atoms. The second-order valence-corrected chi connectivity index (χ2v) is 5.94. The fraction of sp³-hybridized carbons (Fsp3) is 0.250. The lowest BCUT2D eigenvalue weighted by Crippen LogP contribution is -2.27. The standard InChI is InChI=1S/C20H21N3O3/c1-14-5-3-4-6-17(14)20-23-22-19(26-20)11-12-21-18(24)13-15-7-9-16(25-2)10-8-15/h3-10H,11-13H2,1-2H3,(H,21,24). The SMILES string of the molecule is COc1ccc(CC(=O)NCCc2nnc(-c3ccccc3C)o2)cc1. The van der Waals surface area contributed by atoms with E-state index < -0.39 is 0 Å². The van der Waals surface area contributed by atoms with Crippen molar-refractivity contribution in [3.63, 3.8) is 0 Å². The number of ether oxygens (including phenoxy) is 1. The molecule has 1 heterocycles. The van der Waals surface area contributed by atoms with Crippen molar-refractivity contribution in [1.29, 1.82) is 0 Å². The minimum absolute atomic E-state index is 0.0474. The molecule has 0 radical (unpaired) electrons. The van der Waals surface area contributed by atoms with Crippen LogP contribution in [0.4, 0.5) is 0 Å². The summed E-state index contributed by atoms with van der Waals surface area (Å²) in [7, 11) is 1.61. The Labute approximate surface area is 152 Å². The molecular weight excluding hydrogens is 330 g/mol. The molecule has 3 aromatic rings. The van der Waals surface area contributed by atoms with Crippen LogP contribution >= 0.6 is 0 Å². The van der Waals surface area contributed by atoms with E-state index in [0.29, 0.717) is 31.2 Å². The van der Waals surface area contributed by atoms with Crippen molar-refractivity contribution >= 4 is 5.91 Å². The normalized spacial score (nSPS) is 10.5. The van der Waals surface area contributed by atoms with Gasteiger partial charge in [0.2, 0.25) is 17.7 Å². The maximum absolute atomic E-state index is 12.0. The quantitative estimate of drug-likeness (QED) is 0.708. The largest absolute Gasteiger partial charge is 0.497 e. The van der Waals surface area contributed by atoms with Gasteiger partial charge in [0, 0.05) is 18.5 Å². The summed E-state index contributed by atoms with van der Waals surface area (Å²) < 4.78 is 10.8. The average Bonchev–Trinajstić information content (AvgIpc) is 3.11. The zero-order valence-electron chi connectivity index (χ0n) is 14.9. The van der Waals surface area contributed by atoms with E-state index >= 15 is 0 Å². The van der Waals surface area contributed by atoms with Crippen LogP contribution in [0.25, 0.3) is 11.5 Å². The summed E-state index contributed by atoms with van der Waals surface area (Å²) in [6, 6.07) is 15.3. The second-order valence-electron chi connectivity index (χ2n) is 5.94. The van der Waals surface area contributed by atoms with Crippen molar-refractivity contribution < 1.29 is 13.9 Å². The highest BCUT2D eigenvalue weighted by atomic mass is 16.5. The Kier molecular flexibility index (Phi) is 5.63. The Morgan fingerprint density at radius 2 is 1.88 bits per heavy atom. The first-order valence-corrected chi connectivity index (χ1v) is 8.43. The number of amides is 1. The van der Waals surface area contributed by atoms with Crippen LogP contribution in [-0.2, 0) is 17.6 Å². The van der Waals surface area contributed by atoms with E-state index in [1.807, 2.05) is 55.5 Å². The Balaban J connectivity index is 1.49. The van der Waals surface area contributed by atoms with Gasteiger partial charge in [0.15, 0.2) is 0 Å². The molecule has 0 fully saturated rings. The molecule has 6 heteroatoms. The molecule has 1 aromatic heterocycles. The Bertz CT molecular complexity index is 872. The highest BCUT2D eigenvalue weighted by Crippen LogP contribution is 2.21. The van der Waals surface area contributed by atoms with E-state index in [0.717, 1.165) is 22.4 Å². The van der Waals surface area contributed by atoms with E-state index in [1.54, 1.807) is 7.11 Å². The molecule has 6 nitrogen and oxygen atoms in total. The van der Waals surface area contributed by atoms with E-state index in [1.165, 1.54) is 0 Å². The number of carbonyl (C=O) groups is 1. The summed E-state index contributed by atoms with van der Waals surface area (Å²) in [4.78, 5) is 12.0. The topological polar surface area (TPSA) is 77.2 Å². The first-order chi connectivity index (χ1) is 12.7. The number of benzene rings is 2. The van der Waals surface area contributed by atoms with Gasteiger partial charge in [0.1, 0.15) is 5.75 Å². The van der Waals surface area contributed by atoms with Crippen LogP contribution in [0.15, 0.2) is 52.9 Å². The van der Waals surface area contributed by atoms with Crippen molar-refractivity contribution in [2.45, 2.75) is 19.8 Å². The molecular formula is C20H21N3O3. The monoisotopic (exact) mass is 351 g/mol. The lowest BCUT2D eigenvalue weighted by atomic mass is 10.1. The molecule has 0 aliphatic heterocycles. The predicted octanol–water partition coefficient (Wildman–Crippen LogP) is 2.96. The van der Waals surface area contributed by atoms with Crippen LogP contribution < -0.4 is 10.1 Å². The average molecular weight is 351 g/mol. The Hall–Kier alpha value is -3.15. The van der Waals surface area contributed by atoms with Crippen molar-refractivity contribution in [1.82, 2.24) is 15.5 Å². The van der Waals surface area contributed by atoms with Crippen molar-refractivity contribution in [3.05, 3.63) is 65.5 Å². The van der Waals surface area contributed by atoms with Crippen molar-refractivity contribution in [3.8, 4) is 17.2 Å². The molecule has 0 spiro atoms. The van der Waals surface area contributed by atoms with Gasteiger partial charge in [-0.2, -0.15) is 0 Å². The molecule has 1 amide bonds. The fourth-order valence-electron chi connectivity index (χ4n) is 2.58. The third-order valence-electron chi connectivity index (χ3n) is 4.03. The zero-order valence-corrected chi connectivity index (χ0v) is 14.9. The summed E-state index contributed by atoms with van der Waals surface area (Å²) in [5.74, 6) is 1.74. The van der Waals surface area contributed by atoms with E-state index in [9.17, 15) is 4.79 Å². The van der Waals surface area contributed by atoms with Crippen LogP contribution in [0.1, 0.15) is 17.0 Å². The van der Waals surface area contributed by atoms with Crippen LogP contribution in [-0.4, -0.2) is 29.8 Å². The van der Waals surface area contributed by atoms with Gasteiger partial charge in [-0.15, -0.1) is 10.2 Å². The van der Waals surface area contributed by atoms with E-state index in [2.05, 4.69) is 15.5 Å². The number of methoxy groups -OCH3 is 1. The summed E-state index contributed by atoms with van der Waals surface area (Å²) in [5.41, 5.74) is 2.94. The van der Waals surface area contributed by atoms with Crippen LogP contribution in [0.3, 0.4) is 0 Å². The van der Waals surface area contributed by atoms with Gasteiger partial charge >= 0.3 is 0 Å². The molecule has 2 aromatic carbocycles. The lowest BCUT2D eigenvalue weighted by Gasteiger charge is -2.05. The minimum Gasteiger partial charge on any atom is -0.497 e. The molecule has 0 unspecified atom stereocenters. The van der Waals surface area contributed by atoms with Gasteiger partial charge in [-0.1, -0.05) is 30.3 Å². The number of hydrogen-bond donors (Lipinski definition) is 1. The number of hydrogen-bond acceptors (Lipinski definition) is 5. The summed E-state index contributed by atoms with van der Waals surface area (Å²) in [6.07, 6.45) is 0.815. The third-order valence-corrected chi connectivity index (χ3v) is 4.03. The van der Waals surface area contributed by atoms with E-state index in [4.69, 9.17) is 9.15 Å². The smallest absolute Gasteiger partial charge is 0.247 e.